The van der Waals surface area contributed by atoms with Crippen molar-refractivity contribution in [1.82, 2.24) is 26.6 Å². The van der Waals surface area contributed by atoms with E-state index in [1.165, 1.54) is 44.9 Å². The number of carbonyl (C=O) groups is 1. The highest BCUT2D eigenvalue weighted by Gasteiger charge is 2.33. The second kappa shape index (κ2) is 12.7. The molecule has 4 fully saturated rings. The topological polar surface area (TPSA) is 86.5 Å². The fraction of sp³-hybridized carbons (Fsp3) is 0.960. The predicted molar refractivity (Wildman–Crippen MR) is 128 cm³/mol. The fourth-order valence-corrected chi connectivity index (χ4v) is 6.46. The van der Waals surface area contributed by atoms with E-state index in [-0.39, 0.29) is 18.1 Å². The summed E-state index contributed by atoms with van der Waals surface area (Å²) in [6.45, 7) is 5.26. The molecule has 3 atom stereocenters. The van der Waals surface area contributed by atoms with Crippen LogP contribution in [-0.2, 0) is 9.53 Å². The van der Waals surface area contributed by atoms with Crippen LogP contribution in [-0.4, -0.2) is 64.2 Å². The van der Waals surface area contributed by atoms with E-state index in [0.717, 1.165) is 76.2 Å². The van der Waals surface area contributed by atoms with Crippen molar-refractivity contribution in [3.05, 3.63) is 0 Å². The van der Waals surface area contributed by atoms with Gasteiger partial charge in [0.1, 0.15) is 6.29 Å². The van der Waals surface area contributed by atoms with Crippen LogP contribution in [0.2, 0.25) is 0 Å². The molecule has 0 aromatic heterocycles. The predicted octanol–water partition coefficient (Wildman–Crippen LogP) is 1.94. The first kappa shape index (κ1) is 24.4. The number of amides is 1. The Kier molecular flexibility index (Phi) is 9.65. The van der Waals surface area contributed by atoms with Crippen molar-refractivity contribution in [2.45, 2.75) is 89.1 Å². The van der Waals surface area contributed by atoms with Crippen molar-refractivity contribution in [3.8, 4) is 0 Å². The minimum Gasteiger partial charge on any atom is -0.381 e. The van der Waals surface area contributed by atoms with E-state index in [1.807, 2.05) is 7.11 Å². The number of piperidine rings is 1. The summed E-state index contributed by atoms with van der Waals surface area (Å²) in [5, 5.41) is 17.9. The first-order valence-corrected chi connectivity index (χ1v) is 13.4. The largest absolute Gasteiger partial charge is 0.381 e. The quantitative estimate of drug-likeness (QED) is 0.389. The van der Waals surface area contributed by atoms with Gasteiger partial charge in [-0.15, -0.1) is 0 Å². The van der Waals surface area contributed by atoms with Gasteiger partial charge in [0.2, 0.25) is 5.91 Å². The Morgan fingerprint density at radius 3 is 2.47 bits per heavy atom. The van der Waals surface area contributed by atoms with E-state index in [1.54, 1.807) is 0 Å². The maximum absolute atomic E-state index is 12.7. The molecule has 184 valence electrons. The molecule has 0 aromatic rings. The lowest BCUT2D eigenvalue weighted by molar-refractivity contribution is -0.126. The Morgan fingerprint density at radius 2 is 1.75 bits per heavy atom. The van der Waals surface area contributed by atoms with Crippen molar-refractivity contribution >= 4 is 5.91 Å². The Balaban J connectivity index is 1.12. The zero-order valence-corrected chi connectivity index (χ0v) is 20.2. The molecule has 2 aliphatic heterocycles. The average Bonchev–Trinajstić information content (AvgIpc) is 2.85. The summed E-state index contributed by atoms with van der Waals surface area (Å²) in [6, 6.07) is 0.417. The van der Waals surface area contributed by atoms with Crippen LogP contribution < -0.4 is 26.6 Å². The third-order valence-corrected chi connectivity index (χ3v) is 8.59. The number of ether oxygens (including phenoxy) is 1. The number of rotatable bonds is 8. The summed E-state index contributed by atoms with van der Waals surface area (Å²) in [6.07, 6.45) is 13.6. The molecule has 2 aliphatic carbocycles. The molecule has 0 bridgehead atoms. The van der Waals surface area contributed by atoms with Gasteiger partial charge in [0.25, 0.3) is 0 Å². The van der Waals surface area contributed by atoms with Gasteiger partial charge in [-0.25, -0.2) is 0 Å². The summed E-state index contributed by atoms with van der Waals surface area (Å²) in [5.74, 6) is 2.70. The van der Waals surface area contributed by atoms with E-state index in [4.69, 9.17) is 4.74 Å². The van der Waals surface area contributed by atoms with Crippen molar-refractivity contribution < 1.29 is 9.53 Å². The van der Waals surface area contributed by atoms with Crippen molar-refractivity contribution in [1.29, 1.82) is 0 Å². The molecule has 4 rings (SSSR count). The third-order valence-electron chi connectivity index (χ3n) is 8.59. The summed E-state index contributed by atoms with van der Waals surface area (Å²) >= 11 is 0. The van der Waals surface area contributed by atoms with Crippen LogP contribution in [0.4, 0.5) is 0 Å². The minimum absolute atomic E-state index is 0.165. The van der Waals surface area contributed by atoms with Gasteiger partial charge < -0.3 is 15.4 Å². The maximum Gasteiger partial charge on any atom is 0.223 e. The smallest absolute Gasteiger partial charge is 0.223 e. The van der Waals surface area contributed by atoms with Crippen LogP contribution in [0.15, 0.2) is 0 Å². The normalized spacial score (nSPS) is 38.8. The van der Waals surface area contributed by atoms with Gasteiger partial charge in [-0.1, -0.05) is 6.42 Å². The standard InChI is InChI=1S/C25H47N5O2/c1-32-23-9-7-19(8-10-23)21-16-28-25(29-17-21)30-22-6-2-5-20(14-22)24(31)27-13-11-18-4-3-12-26-15-18/h18-23,25-26,28-30H,2-17H2,1H3,(H,27,31). The number of hydrogen-bond donors (Lipinski definition) is 5. The lowest BCUT2D eigenvalue weighted by Gasteiger charge is -2.40. The van der Waals surface area contributed by atoms with Crippen LogP contribution in [0.5, 0.6) is 0 Å². The van der Waals surface area contributed by atoms with E-state index < -0.39 is 0 Å². The Hall–Kier alpha value is -0.730. The monoisotopic (exact) mass is 449 g/mol. The molecule has 7 heteroatoms. The first-order valence-electron chi connectivity index (χ1n) is 13.4. The Labute approximate surface area is 194 Å². The number of methoxy groups -OCH3 is 1. The zero-order valence-electron chi connectivity index (χ0n) is 20.2. The van der Waals surface area contributed by atoms with Gasteiger partial charge in [-0.2, -0.15) is 0 Å². The number of hydrogen-bond acceptors (Lipinski definition) is 6. The molecule has 2 heterocycles. The molecular formula is C25H47N5O2. The molecular weight excluding hydrogens is 402 g/mol. The second-order valence-electron chi connectivity index (χ2n) is 10.8. The molecule has 5 N–H and O–H groups in total. The lowest BCUT2D eigenvalue weighted by atomic mass is 9.78. The molecule has 0 spiro atoms. The zero-order chi connectivity index (χ0) is 22.2. The molecule has 3 unspecified atom stereocenters. The van der Waals surface area contributed by atoms with Crippen molar-refractivity contribution in [2.24, 2.45) is 23.7 Å². The van der Waals surface area contributed by atoms with Crippen molar-refractivity contribution in [2.75, 3.05) is 39.8 Å². The number of carbonyl (C=O) groups excluding carboxylic acids is 1. The van der Waals surface area contributed by atoms with E-state index >= 15 is 0 Å². The van der Waals surface area contributed by atoms with Gasteiger partial charge in [-0.3, -0.25) is 20.7 Å². The second-order valence-corrected chi connectivity index (χ2v) is 10.8. The summed E-state index contributed by atoms with van der Waals surface area (Å²) in [5.41, 5.74) is 0. The molecule has 0 radical (unpaired) electrons. The fourth-order valence-electron chi connectivity index (χ4n) is 6.46. The Bertz CT molecular complexity index is 555. The van der Waals surface area contributed by atoms with Gasteiger partial charge in [0.15, 0.2) is 0 Å². The van der Waals surface area contributed by atoms with Crippen LogP contribution in [0.25, 0.3) is 0 Å². The minimum atomic E-state index is 0.165. The van der Waals surface area contributed by atoms with E-state index in [2.05, 4.69) is 26.6 Å². The molecule has 2 saturated heterocycles. The third kappa shape index (κ3) is 7.13. The Morgan fingerprint density at radius 1 is 0.938 bits per heavy atom. The molecule has 7 nitrogen and oxygen atoms in total. The SMILES string of the molecule is COC1CCC(C2CNC(NC3CCCC(C(=O)NCCC4CCCNC4)C3)NC2)CC1. The molecule has 4 aliphatic rings. The number of nitrogens with one attached hydrogen (secondary N) is 5. The summed E-state index contributed by atoms with van der Waals surface area (Å²) in [4.78, 5) is 12.7. The summed E-state index contributed by atoms with van der Waals surface area (Å²) in [7, 11) is 1.85. The molecule has 2 saturated carbocycles. The van der Waals surface area contributed by atoms with Crippen molar-refractivity contribution in [3.63, 3.8) is 0 Å². The van der Waals surface area contributed by atoms with Gasteiger partial charge in [0.05, 0.1) is 6.10 Å². The highest BCUT2D eigenvalue weighted by molar-refractivity contribution is 5.78. The van der Waals surface area contributed by atoms with Gasteiger partial charge in [-0.05, 0) is 95.1 Å². The van der Waals surface area contributed by atoms with Gasteiger partial charge in [0, 0.05) is 38.7 Å². The molecule has 0 aromatic carbocycles. The highest BCUT2D eigenvalue weighted by atomic mass is 16.5. The maximum atomic E-state index is 12.7. The first-order chi connectivity index (χ1) is 15.7. The molecule has 32 heavy (non-hydrogen) atoms. The lowest BCUT2D eigenvalue weighted by Crippen LogP contribution is -2.63. The van der Waals surface area contributed by atoms with Gasteiger partial charge >= 0.3 is 0 Å². The van der Waals surface area contributed by atoms with E-state index in [9.17, 15) is 4.79 Å². The molecule has 1 amide bonds. The van der Waals surface area contributed by atoms with Crippen LogP contribution in [0, 0.1) is 23.7 Å². The van der Waals surface area contributed by atoms with Crippen LogP contribution >= 0.6 is 0 Å². The highest BCUT2D eigenvalue weighted by Crippen LogP contribution is 2.32. The summed E-state index contributed by atoms with van der Waals surface area (Å²) < 4.78 is 5.53. The average molecular weight is 450 g/mol. The van der Waals surface area contributed by atoms with Crippen LogP contribution in [0.3, 0.4) is 0 Å². The van der Waals surface area contributed by atoms with E-state index in [0.29, 0.717) is 12.1 Å². The van der Waals surface area contributed by atoms with Crippen LogP contribution in [0.1, 0.15) is 70.6 Å².